The molecule has 2 rings (SSSR count). The number of rotatable bonds is 17. The van der Waals surface area contributed by atoms with E-state index in [4.69, 9.17) is 14.2 Å². The summed E-state index contributed by atoms with van der Waals surface area (Å²) in [6, 6.07) is 3.62. The molecule has 0 saturated heterocycles. The van der Waals surface area contributed by atoms with Crippen LogP contribution >= 0.6 is 15.9 Å². The number of hydrogen-bond donors (Lipinski definition) is 2. The fourth-order valence-electron chi connectivity index (χ4n) is 4.86. The minimum atomic E-state index is -1.58. The van der Waals surface area contributed by atoms with Crippen molar-refractivity contribution >= 4 is 15.9 Å². The molecular weight excluding hydrogens is 572 g/mol. The van der Waals surface area contributed by atoms with Crippen molar-refractivity contribution in [2.75, 3.05) is 61.1 Å². The summed E-state index contributed by atoms with van der Waals surface area (Å²) < 4.78 is 19.2. The van der Waals surface area contributed by atoms with Gasteiger partial charge in [0.1, 0.15) is 36.1 Å². The normalized spacial score (nSPS) is 21.9. The minimum Gasteiger partial charge on any atom is -0.492 e. The van der Waals surface area contributed by atoms with Crippen molar-refractivity contribution < 1.29 is 24.4 Å². The molecule has 1 heterocycles. The Hall–Kier alpha value is -2.62. The lowest BCUT2D eigenvalue weighted by Gasteiger charge is -2.44. The van der Waals surface area contributed by atoms with Crippen LogP contribution in [-0.4, -0.2) is 86.7 Å². The van der Waals surface area contributed by atoms with Crippen molar-refractivity contribution in [2.45, 2.75) is 24.5 Å². The summed E-state index contributed by atoms with van der Waals surface area (Å²) >= 11 is 3.33. The first-order valence-electron chi connectivity index (χ1n) is 13.4. The Morgan fingerprint density at radius 3 is 2.30 bits per heavy atom. The van der Waals surface area contributed by atoms with Crippen LogP contribution in [0, 0.1) is 5.92 Å². The first kappa shape index (κ1) is 33.6. The third kappa shape index (κ3) is 7.98. The van der Waals surface area contributed by atoms with Crippen molar-refractivity contribution in [3.63, 3.8) is 0 Å². The maximum Gasteiger partial charge on any atom is 0.173 e. The fraction of sp³-hybridized carbons (Fsp3) is 0.438. The van der Waals surface area contributed by atoms with E-state index in [2.05, 4.69) is 29.1 Å². The second-order valence-corrected chi connectivity index (χ2v) is 10.8. The van der Waals surface area contributed by atoms with Crippen LogP contribution in [0.5, 0.6) is 17.2 Å². The molecule has 0 saturated carbocycles. The molecule has 8 heteroatoms. The molecule has 0 bridgehead atoms. The lowest BCUT2D eigenvalue weighted by molar-refractivity contribution is -0.105. The summed E-state index contributed by atoms with van der Waals surface area (Å²) in [5.74, 6) is 1.08. The van der Waals surface area contributed by atoms with E-state index in [1.54, 1.807) is 30.1 Å². The summed E-state index contributed by atoms with van der Waals surface area (Å²) in [6.45, 7) is 11.7. The van der Waals surface area contributed by atoms with Gasteiger partial charge in [-0.15, -0.1) is 0 Å². The maximum absolute atomic E-state index is 12.5. The van der Waals surface area contributed by atoms with Crippen molar-refractivity contribution in [1.29, 1.82) is 0 Å². The van der Waals surface area contributed by atoms with Gasteiger partial charge < -0.3 is 34.2 Å². The Balaban J connectivity index is 2.79. The Morgan fingerprint density at radius 1 is 1.05 bits per heavy atom. The first-order chi connectivity index (χ1) is 19.1. The molecule has 1 aliphatic rings. The van der Waals surface area contributed by atoms with E-state index in [1.165, 1.54) is 0 Å². The van der Waals surface area contributed by atoms with Crippen molar-refractivity contribution in [3.05, 3.63) is 90.0 Å². The zero-order valence-corrected chi connectivity index (χ0v) is 26.1. The summed E-state index contributed by atoms with van der Waals surface area (Å²) in [4.78, 5) is 5.79. The molecule has 220 valence electrons. The third-order valence-electron chi connectivity index (χ3n) is 6.79. The molecule has 2 N–H and O–H groups in total. The van der Waals surface area contributed by atoms with Crippen molar-refractivity contribution in [2.24, 2.45) is 5.92 Å². The molecule has 0 aliphatic carbocycles. The predicted octanol–water partition coefficient (Wildman–Crippen LogP) is 5.22. The van der Waals surface area contributed by atoms with Gasteiger partial charge in [0.15, 0.2) is 5.60 Å². The van der Waals surface area contributed by atoms with Gasteiger partial charge in [0.2, 0.25) is 0 Å². The van der Waals surface area contributed by atoms with Gasteiger partial charge >= 0.3 is 0 Å². The van der Waals surface area contributed by atoms with Crippen molar-refractivity contribution in [1.82, 2.24) is 9.80 Å². The molecule has 0 amide bonds. The number of hydrogen-bond acceptors (Lipinski definition) is 7. The Kier molecular flexibility index (Phi) is 13.4. The number of ether oxygens (including phenoxy) is 3. The van der Waals surface area contributed by atoms with Crippen LogP contribution in [0.15, 0.2) is 84.5 Å². The number of allylic oxidation sites excluding steroid dienone is 6. The van der Waals surface area contributed by atoms with Gasteiger partial charge in [-0.2, -0.15) is 0 Å². The third-order valence-corrected chi connectivity index (χ3v) is 7.09. The SMILES string of the molecule is C=C/C=C\C=C\C(CCO)[C@]1(/C(C=C)=C/C=C/Br)Oc2cc(OCCN(C)C)cc(OCCN(C)C)c2[C@@]1(C)O. The molecule has 1 unspecified atom stereocenters. The highest BCUT2D eigenvalue weighted by Crippen LogP contribution is 2.59. The standard InChI is InChI=1S/C32H45BrN2O5/c1-8-10-11-12-14-26(16-20-36)32(25(9-2)15-13-17-33)31(3,37)30-28(39-22-19-35(6)7)23-27(24-29(30)40-32)38-21-18-34(4)5/h8-15,17,23-24,26,36-37H,1-2,16,18-22H2,3-7H3/b11-10-,14-12+,17-13+,25-15+/t26?,31-,32+/m1/s1. The van der Waals surface area contributed by atoms with Crippen LogP contribution in [0.1, 0.15) is 18.9 Å². The maximum atomic E-state index is 12.5. The van der Waals surface area contributed by atoms with E-state index in [0.717, 1.165) is 6.54 Å². The number of aliphatic hydroxyl groups is 2. The molecule has 1 aromatic rings. The molecule has 0 aromatic heterocycles. The molecule has 0 radical (unpaired) electrons. The van der Waals surface area contributed by atoms with Crippen LogP contribution in [-0.2, 0) is 5.60 Å². The van der Waals surface area contributed by atoms with Gasteiger partial charge in [0.05, 0.1) is 5.56 Å². The summed E-state index contributed by atoms with van der Waals surface area (Å²) in [5, 5.41) is 22.7. The lowest BCUT2D eigenvalue weighted by atomic mass is 9.67. The van der Waals surface area contributed by atoms with Crippen LogP contribution in [0.4, 0.5) is 0 Å². The quantitative estimate of drug-likeness (QED) is 0.232. The minimum absolute atomic E-state index is 0.110. The number of fused-ring (bicyclic) bond motifs is 1. The Bertz CT molecular complexity index is 1110. The highest BCUT2D eigenvalue weighted by atomic mass is 79.9. The average molecular weight is 618 g/mol. The molecule has 7 nitrogen and oxygen atoms in total. The van der Waals surface area contributed by atoms with Gasteiger partial charge in [-0.1, -0.05) is 77.7 Å². The van der Waals surface area contributed by atoms with Gasteiger partial charge in [-0.05, 0) is 52.1 Å². The van der Waals surface area contributed by atoms with Gasteiger partial charge in [0, 0.05) is 37.7 Å². The van der Waals surface area contributed by atoms with E-state index in [9.17, 15) is 10.2 Å². The molecule has 3 atom stereocenters. The molecule has 1 aromatic carbocycles. The monoisotopic (exact) mass is 616 g/mol. The number of halogens is 1. The zero-order chi connectivity index (χ0) is 29.8. The second kappa shape index (κ2) is 16.0. The van der Waals surface area contributed by atoms with E-state index in [-0.39, 0.29) is 6.61 Å². The topological polar surface area (TPSA) is 74.6 Å². The van der Waals surface area contributed by atoms with Gasteiger partial charge in [-0.25, -0.2) is 0 Å². The van der Waals surface area contributed by atoms with Crippen LogP contribution < -0.4 is 14.2 Å². The average Bonchev–Trinajstić information content (AvgIpc) is 3.13. The molecule has 0 fully saturated rings. The fourth-order valence-corrected chi connectivity index (χ4v) is 5.01. The summed E-state index contributed by atoms with van der Waals surface area (Å²) in [5.41, 5.74) is -1.74. The van der Waals surface area contributed by atoms with E-state index < -0.39 is 17.1 Å². The molecular formula is C32H45BrN2O5. The largest absolute Gasteiger partial charge is 0.492 e. The summed E-state index contributed by atoms with van der Waals surface area (Å²) in [6.07, 6.45) is 14.8. The first-order valence-corrected chi connectivity index (χ1v) is 14.3. The second-order valence-electron chi connectivity index (χ2n) is 10.3. The van der Waals surface area contributed by atoms with E-state index in [1.807, 2.05) is 80.5 Å². The number of aliphatic hydroxyl groups excluding tert-OH is 1. The molecule has 1 aliphatic heterocycles. The highest BCUT2D eigenvalue weighted by Gasteiger charge is 2.63. The molecule has 40 heavy (non-hydrogen) atoms. The van der Waals surface area contributed by atoms with Crippen LogP contribution in [0.2, 0.25) is 0 Å². The van der Waals surface area contributed by atoms with Crippen LogP contribution in [0.25, 0.3) is 0 Å². The zero-order valence-electron chi connectivity index (χ0n) is 24.5. The smallest absolute Gasteiger partial charge is 0.173 e. The predicted molar refractivity (Wildman–Crippen MR) is 167 cm³/mol. The Labute approximate surface area is 248 Å². The van der Waals surface area contributed by atoms with E-state index in [0.29, 0.717) is 54.6 Å². The number of nitrogens with zero attached hydrogens (tertiary/aromatic N) is 2. The Morgan fingerprint density at radius 2 is 1.73 bits per heavy atom. The summed E-state index contributed by atoms with van der Waals surface area (Å²) in [7, 11) is 7.92. The van der Waals surface area contributed by atoms with Gasteiger partial charge in [0.25, 0.3) is 0 Å². The number of benzene rings is 1. The van der Waals surface area contributed by atoms with E-state index >= 15 is 0 Å². The van der Waals surface area contributed by atoms with Crippen molar-refractivity contribution in [3.8, 4) is 17.2 Å². The lowest BCUT2D eigenvalue weighted by Crippen LogP contribution is -2.56. The van der Waals surface area contributed by atoms with Crippen LogP contribution in [0.3, 0.4) is 0 Å². The molecule has 0 spiro atoms. The number of likely N-dealkylation sites (N-methyl/N-ethyl adjacent to an activating group) is 2. The highest BCUT2D eigenvalue weighted by molar-refractivity contribution is 9.11. The van der Waals surface area contributed by atoms with Gasteiger partial charge in [-0.3, -0.25) is 0 Å².